The van der Waals surface area contributed by atoms with Gasteiger partial charge in [0.15, 0.2) is 5.78 Å². The molecule has 0 spiro atoms. The number of ketones is 1. The van der Waals surface area contributed by atoms with Crippen LogP contribution in [0.15, 0.2) is 41.0 Å². The summed E-state index contributed by atoms with van der Waals surface area (Å²) in [6.07, 6.45) is 9.51. The number of Topliss-reactive ketones (excluding diaryl/α,β-unsaturated/α-hetero) is 1. The largest absolute Gasteiger partial charge is 0.489 e. The molecule has 1 heterocycles. The van der Waals surface area contributed by atoms with E-state index in [-0.39, 0.29) is 28.8 Å². The van der Waals surface area contributed by atoms with Crippen molar-refractivity contribution in [3.05, 3.63) is 41.7 Å². The first-order valence-electron chi connectivity index (χ1n) is 10.4. The third-order valence-electron chi connectivity index (χ3n) is 5.15. The molecule has 1 aliphatic rings. The van der Waals surface area contributed by atoms with E-state index >= 15 is 0 Å². The number of carbonyl (C=O) groups excluding carboxylic acids is 2. The van der Waals surface area contributed by atoms with Crippen molar-refractivity contribution in [3.63, 3.8) is 0 Å². The maximum absolute atomic E-state index is 12.3. The summed E-state index contributed by atoms with van der Waals surface area (Å²) in [6.45, 7) is 4.07. The van der Waals surface area contributed by atoms with Gasteiger partial charge in [-0.15, -0.1) is 0 Å². The number of carbonyl (C=O) groups is 2. The Bertz CT molecular complexity index is 877. The molecule has 2 N–H and O–H groups in total. The Morgan fingerprint density at radius 2 is 1.73 bits per heavy atom. The number of thioether (sulfide) groups is 1. The van der Waals surface area contributed by atoms with Crippen molar-refractivity contribution in [1.29, 1.82) is 0 Å². The average Bonchev–Trinajstić information content (AvgIpc) is 2.96. The number of hydrogen-bond donors (Lipinski definition) is 1. The highest BCUT2D eigenvalue weighted by atomic mass is 32.2. The van der Waals surface area contributed by atoms with Crippen molar-refractivity contribution in [2.24, 2.45) is 5.14 Å². The molecule has 0 radical (unpaired) electrons. The Hall–Kier alpha value is -1.64. The lowest BCUT2D eigenvalue weighted by Crippen LogP contribution is -2.24. The van der Waals surface area contributed by atoms with Gasteiger partial charge in [-0.2, -0.15) is 0 Å². The lowest BCUT2D eigenvalue weighted by atomic mass is 9.99. The molecule has 0 aliphatic carbocycles. The van der Waals surface area contributed by atoms with E-state index in [1.807, 2.05) is 6.92 Å². The van der Waals surface area contributed by atoms with Gasteiger partial charge in [0.25, 0.3) is 0 Å². The highest BCUT2D eigenvalue weighted by molar-refractivity contribution is 8.15. The zero-order chi connectivity index (χ0) is 22.2. The fourth-order valence-electron chi connectivity index (χ4n) is 3.41. The van der Waals surface area contributed by atoms with Crippen molar-refractivity contribution in [3.8, 4) is 0 Å². The number of primary sulfonamides is 1. The van der Waals surface area contributed by atoms with Gasteiger partial charge < -0.3 is 4.74 Å². The van der Waals surface area contributed by atoms with Crippen LogP contribution in [0.5, 0.6) is 0 Å². The summed E-state index contributed by atoms with van der Waals surface area (Å²) >= 11 is 1.27. The molecule has 0 fully saturated rings. The molecule has 8 heteroatoms. The Kier molecular flexibility index (Phi) is 9.12. The molecule has 166 valence electrons. The third-order valence-corrected chi connectivity index (χ3v) is 7.25. The monoisotopic (exact) mass is 453 g/mol. The molecule has 30 heavy (non-hydrogen) atoms. The SMILES string of the molecule is CCCCCCCCC1(C)SC(=O)C=C1OCC(=O)Cc1ccc(S(N)(=O)=O)cc1. The highest BCUT2D eigenvalue weighted by Gasteiger charge is 2.39. The summed E-state index contributed by atoms with van der Waals surface area (Å²) in [4.78, 5) is 24.3. The van der Waals surface area contributed by atoms with Gasteiger partial charge in [-0.1, -0.05) is 69.3 Å². The number of rotatable bonds is 13. The summed E-state index contributed by atoms with van der Waals surface area (Å²) in [7, 11) is -3.75. The van der Waals surface area contributed by atoms with Crippen LogP contribution in [-0.2, 0) is 30.8 Å². The summed E-state index contributed by atoms with van der Waals surface area (Å²) in [5.74, 6) is 0.425. The van der Waals surface area contributed by atoms with Crippen LogP contribution in [0.3, 0.4) is 0 Å². The second-order valence-electron chi connectivity index (χ2n) is 7.87. The minimum absolute atomic E-state index is 0.00654. The van der Waals surface area contributed by atoms with Crippen LogP contribution in [0.1, 0.15) is 64.4 Å². The molecule has 1 aromatic rings. The van der Waals surface area contributed by atoms with Gasteiger partial charge in [0.05, 0.1) is 9.64 Å². The molecular weight excluding hydrogens is 422 g/mol. The van der Waals surface area contributed by atoms with Gasteiger partial charge in [-0.3, -0.25) is 9.59 Å². The molecule has 1 aliphatic heterocycles. The quantitative estimate of drug-likeness (QED) is 0.450. The van der Waals surface area contributed by atoms with Crippen LogP contribution >= 0.6 is 11.8 Å². The van der Waals surface area contributed by atoms with Crippen molar-refractivity contribution < 1.29 is 22.7 Å². The molecule has 1 atom stereocenters. The fourth-order valence-corrected chi connectivity index (χ4v) is 5.00. The lowest BCUT2D eigenvalue weighted by molar-refractivity contribution is -0.122. The first-order valence-corrected chi connectivity index (χ1v) is 12.7. The molecule has 6 nitrogen and oxygen atoms in total. The Labute approximate surface area is 183 Å². The van der Waals surface area contributed by atoms with Crippen LogP contribution in [0.25, 0.3) is 0 Å². The van der Waals surface area contributed by atoms with E-state index in [9.17, 15) is 18.0 Å². The molecule has 0 aromatic heterocycles. The Morgan fingerprint density at radius 1 is 1.10 bits per heavy atom. The van der Waals surface area contributed by atoms with E-state index < -0.39 is 14.8 Å². The molecule has 0 amide bonds. The van der Waals surface area contributed by atoms with Crippen molar-refractivity contribution in [2.45, 2.75) is 74.9 Å². The normalized spacial score (nSPS) is 19.0. The Balaban J connectivity index is 1.84. The van der Waals surface area contributed by atoms with Crippen LogP contribution in [0.2, 0.25) is 0 Å². The standard InChI is InChI=1S/C22H31NO5S2/c1-3-4-5-6-7-8-13-22(2)20(15-21(25)29-22)28-16-18(24)14-17-9-11-19(12-10-17)30(23,26)27/h9-12,15H,3-8,13-14,16H2,1-2H3,(H2,23,26,27). The predicted octanol–water partition coefficient (Wildman–Crippen LogP) is 4.13. The predicted molar refractivity (Wildman–Crippen MR) is 120 cm³/mol. The molecule has 0 saturated heterocycles. The summed E-state index contributed by atoms with van der Waals surface area (Å²) in [5, 5.41) is 5.04. The van der Waals surface area contributed by atoms with Crippen molar-refractivity contribution in [2.75, 3.05) is 6.61 Å². The number of sulfonamides is 1. The Morgan fingerprint density at radius 3 is 2.37 bits per heavy atom. The number of unbranched alkanes of at least 4 members (excludes halogenated alkanes) is 5. The molecular formula is C22H31NO5S2. The van der Waals surface area contributed by atoms with Crippen LogP contribution < -0.4 is 5.14 Å². The van der Waals surface area contributed by atoms with Gasteiger partial charge in [-0.05, 0) is 31.0 Å². The average molecular weight is 454 g/mol. The molecule has 1 unspecified atom stereocenters. The first kappa shape index (κ1) is 24.6. The first-order chi connectivity index (χ1) is 14.1. The molecule has 1 aromatic carbocycles. The van der Waals surface area contributed by atoms with E-state index in [0.717, 1.165) is 19.3 Å². The summed E-state index contributed by atoms with van der Waals surface area (Å²) in [5.41, 5.74) is 0.677. The second kappa shape index (κ2) is 11.1. The van der Waals surface area contributed by atoms with Crippen LogP contribution in [0, 0.1) is 0 Å². The number of nitrogens with two attached hydrogens (primary N) is 1. The van der Waals surface area contributed by atoms with Gasteiger partial charge in [0.1, 0.15) is 12.4 Å². The number of hydrogen-bond acceptors (Lipinski definition) is 6. The van der Waals surface area contributed by atoms with Gasteiger partial charge in [0, 0.05) is 12.5 Å². The molecule has 0 bridgehead atoms. The topological polar surface area (TPSA) is 104 Å². The van der Waals surface area contributed by atoms with Crippen LogP contribution in [-0.4, -0.2) is 30.7 Å². The zero-order valence-corrected chi connectivity index (χ0v) is 19.3. The summed E-state index contributed by atoms with van der Waals surface area (Å²) < 4.78 is 27.9. The van der Waals surface area contributed by atoms with E-state index in [1.54, 1.807) is 12.1 Å². The number of benzene rings is 1. The third kappa shape index (κ3) is 7.56. The van der Waals surface area contributed by atoms with Gasteiger partial charge in [0.2, 0.25) is 15.1 Å². The second-order valence-corrected chi connectivity index (χ2v) is 10.9. The minimum atomic E-state index is -3.75. The maximum Gasteiger partial charge on any atom is 0.238 e. The van der Waals surface area contributed by atoms with Crippen LogP contribution in [0.4, 0.5) is 0 Å². The molecule has 0 saturated carbocycles. The van der Waals surface area contributed by atoms with E-state index in [1.165, 1.54) is 55.7 Å². The highest BCUT2D eigenvalue weighted by Crippen LogP contribution is 2.44. The summed E-state index contributed by atoms with van der Waals surface area (Å²) in [6, 6.07) is 5.89. The minimum Gasteiger partial charge on any atom is -0.489 e. The van der Waals surface area contributed by atoms with Gasteiger partial charge >= 0.3 is 0 Å². The van der Waals surface area contributed by atoms with Crippen molar-refractivity contribution in [1.82, 2.24) is 0 Å². The van der Waals surface area contributed by atoms with E-state index in [2.05, 4.69) is 6.92 Å². The van der Waals surface area contributed by atoms with E-state index in [0.29, 0.717) is 11.3 Å². The maximum atomic E-state index is 12.3. The van der Waals surface area contributed by atoms with E-state index in [4.69, 9.17) is 9.88 Å². The van der Waals surface area contributed by atoms with Crippen molar-refractivity contribution >= 4 is 32.7 Å². The lowest BCUT2D eigenvalue weighted by Gasteiger charge is -2.26. The molecule has 2 rings (SSSR count). The number of ether oxygens (including phenoxy) is 1. The van der Waals surface area contributed by atoms with Gasteiger partial charge in [-0.25, -0.2) is 13.6 Å². The zero-order valence-electron chi connectivity index (χ0n) is 17.7. The fraction of sp³-hybridized carbons (Fsp3) is 0.545. The smallest absolute Gasteiger partial charge is 0.238 e.